The van der Waals surface area contributed by atoms with Crippen LogP contribution in [0.15, 0.2) is 65.8 Å². The SMILES string of the molecule is CC(OC(C)(C)C)[C@H](NC(=O)C(Cc1ccccc1)N=[N+]=[N-])C(=O)N[C@@H](Cc1ccccc1)C(=O)N[C@@H](C)C(=O)[C@@]1(C)CO1. The molecular weight excluding hydrogens is 564 g/mol. The molecule has 1 saturated heterocycles. The van der Waals surface area contributed by atoms with Gasteiger partial charge >= 0.3 is 0 Å². The predicted molar refractivity (Wildman–Crippen MR) is 164 cm³/mol. The summed E-state index contributed by atoms with van der Waals surface area (Å²) in [5.41, 5.74) is 9.10. The van der Waals surface area contributed by atoms with Gasteiger partial charge in [0.15, 0.2) is 5.78 Å². The Balaban J connectivity index is 1.85. The van der Waals surface area contributed by atoms with Crippen LogP contribution in [0.2, 0.25) is 0 Å². The molecule has 1 heterocycles. The molecule has 1 aliphatic heterocycles. The van der Waals surface area contributed by atoms with Crippen molar-refractivity contribution in [2.75, 3.05) is 6.61 Å². The first kappa shape index (κ1) is 34.2. The van der Waals surface area contributed by atoms with Gasteiger partial charge in [-0.15, -0.1) is 0 Å². The van der Waals surface area contributed by atoms with Gasteiger partial charge in [0.05, 0.1) is 24.4 Å². The maximum Gasteiger partial charge on any atom is 0.245 e. The van der Waals surface area contributed by atoms with Crippen molar-refractivity contribution >= 4 is 23.5 Å². The first-order chi connectivity index (χ1) is 20.7. The topological polar surface area (TPSA) is 175 Å². The fourth-order valence-electron chi connectivity index (χ4n) is 4.77. The lowest BCUT2D eigenvalue weighted by molar-refractivity contribution is -0.139. The van der Waals surface area contributed by atoms with E-state index in [2.05, 4.69) is 26.0 Å². The average Bonchev–Trinajstić information content (AvgIpc) is 3.72. The Bertz CT molecular complexity index is 1350. The minimum absolute atomic E-state index is 0.118. The molecule has 1 aliphatic rings. The first-order valence-electron chi connectivity index (χ1n) is 14.6. The molecule has 12 heteroatoms. The minimum Gasteiger partial charge on any atom is -0.370 e. The summed E-state index contributed by atoms with van der Waals surface area (Å²) < 4.78 is 11.3. The zero-order valence-electron chi connectivity index (χ0n) is 26.1. The Morgan fingerprint density at radius 1 is 0.909 bits per heavy atom. The Morgan fingerprint density at radius 2 is 1.45 bits per heavy atom. The minimum atomic E-state index is -1.25. The highest BCUT2D eigenvalue weighted by Crippen LogP contribution is 2.28. The van der Waals surface area contributed by atoms with Crippen molar-refractivity contribution in [1.29, 1.82) is 0 Å². The number of ketones is 1. The third-order valence-corrected chi connectivity index (χ3v) is 7.12. The monoisotopic (exact) mass is 606 g/mol. The zero-order valence-corrected chi connectivity index (χ0v) is 26.1. The molecule has 0 bridgehead atoms. The van der Waals surface area contributed by atoms with Crippen molar-refractivity contribution in [2.45, 2.75) is 95.9 Å². The highest BCUT2D eigenvalue weighted by molar-refractivity contribution is 5.98. The van der Waals surface area contributed by atoms with E-state index in [4.69, 9.17) is 15.0 Å². The van der Waals surface area contributed by atoms with E-state index in [1.165, 1.54) is 0 Å². The number of amides is 3. The number of nitrogens with zero attached hydrogens (tertiary/aromatic N) is 3. The Hall–Kier alpha value is -4.25. The second kappa shape index (κ2) is 15.0. The van der Waals surface area contributed by atoms with E-state index in [0.29, 0.717) is 0 Å². The van der Waals surface area contributed by atoms with E-state index in [0.717, 1.165) is 11.1 Å². The molecule has 0 saturated carbocycles. The molecule has 236 valence electrons. The van der Waals surface area contributed by atoms with Crippen molar-refractivity contribution in [2.24, 2.45) is 5.11 Å². The lowest BCUT2D eigenvalue weighted by Gasteiger charge is -2.32. The molecule has 6 atom stereocenters. The highest BCUT2D eigenvalue weighted by atomic mass is 16.6. The Kier molecular flexibility index (Phi) is 11.6. The number of rotatable bonds is 15. The molecule has 2 unspecified atom stereocenters. The molecule has 1 fully saturated rings. The molecule has 12 nitrogen and oxygen atoms in total. The van der Waals surface area contributed by atoms with Crippen molar-refractivity contribution in [1.82, 2.24) is 16.0 Å². The molecule has 0 radical (unpaired) electrons. The summed E-state index contributed by atoms with van der Waals surface area (Å²) in [6, 6.07) is 13.8. The highest BCUT2D eigenvalue weighted by Gasteiger charge is 2.49. The van der Waals surface area contributed by atoms with Crippen LogP contribution in [-0.4, -0.2) is 71.6 Å². The van der Waals surface area contributed by atoms with Gasteiger partial charge < -0.3 is 25.4 Å². The van der Waals surface area contributed by atoms with Crippen LogP contribution >= 0.6 is 0 Å². The summed E-state index contributed by atoms with van der Waals surface area (Å²) in [6.07, 6.45) is -0.597. The van der Waals surface area contributed by atoms with E-state index in [1.54, 1.807) is 45.0 Å². The van der Waals surface area contributed by atoms with E-state index in [1.807, 2.05) is 57.2 Å². The number of epoxide rings is 1. The molecular formula is C32H42N6O6. The van der Waals surface area contributed by atoms with Crippen LogP contribution in [0.25, 0.3) is 10.4 Å². The number of hydrogen-bond acceptors (Lipinski definition) is 7. The second-order valence-corrected chi connectivity index (χ2v) is 12.2. The van der Waals surface area contributed by atoms with Gasteiger partial charge in [-0.3, -0.25) is 19.2 Å². The van der Waals surface area contributed by atoms with Gasteiger partial charge in [0, 0.05) is 11.3 Å². The number of hydrogen-bond donors (Lipinski definition) is 3. The van der Waals surface area contributed by atoms with E-state index in [-0.39, 0.29) is 25.2 Å². The third kappa shape index (κ3) is 10.2. The Labute approximate surface area is 257 Å². The fraction of sp³-hybridized carbons (Fsp3) is 0.500. The van der Waals surface area contributed by atoms with Crippen LogP contribution in [0.3, 0.4) is 0 Å². The van der Waals surface area contributed by atoms with Crippen LogP contribution < -0.4 is 16.0 Å². The maximum absolute atomic E-state index is 13.9. The molecule has 0 aliphatic carbocycles. The summed E-state index contributed by atoms with van der Waals surface area (Å²) in [5, 5.41) is 11.8. The first-order valence-corrected chi connectivity index (χ1v) is 14.6. The van der Waals surface area contributed by atoms with Crippen LogP contribution in [-0.2, 0) is 41.5 Å². The summed E-state index contributed by atoms with van der Waals surface area (Å²) >= 11 is 0. The quantitative estimate of drug-likeness (QED) is 0.121. The van der Waals surface area contributed by atoms with Crippen LogP contribution in [0.5, 0.6) is 0 Å². The number of Topliss-reactive ketones (excluding diaryl/α,β-unsaturated/α-hetero) is 1. The van der Waals surface area contributed by atoms with Crippen molar-refractivity contribution in [3.63, 3.8) is 0 Å². The van der Waals surface area contributed by atoms with Gasteiger partial charge in [-0.2, -0.15) is 0 Å². The van der Waals surface area contributed by atoms with Gasteiger partial charge in [-0.25, -0.2) is 0 Å². The second-order valence-electron chi connectivity index (χ2n) is 12.2. The van der Waals surface area contributed by atoms with Crippen LogP contribution in [0.4, 0.5) is 0 Å². The molecule has 44 heavy (non-hydrogen) atoms. The molecule has 0 aromatic heterocycles. The summed E-state index contributed by atoms with van der Waals surface area (Å²) in [6.45, 7) is 10.6. The number of nitrogens with one attached hydrogen (secondary N) is 3. The van der Waals surface area contributed by atoms with E-state index < -0.39 is 59.2 Å². The van der Waals surface area contributed by atoms with Crippen molar-refractivity contribution in [3.8, 4) is 0 Å². The predicted octanol–water partition coefficient (Wildman–Crippen LogP) is 3.19. The molecule has 2 aromatic rings. The maximum atomic E-state index is 13.9. The molecule has 3 amide bonds. The lowest BCUT2D eigenvalue weighted by Crippen LogP contribution is -2.60. The largest absolute Gasteiger partial charge is 0.370 e. The van der Waals surface area contributed by atoms with Crippen molar-refractivity contribution < 1.29 is 28.7 Å². The number of benzene rings is 2. The average molecular weight is 607 g/mol. The molecule has 2 aromatic carbocycles. The third-order valence-electron chi connectivity index (χ3n) is 7.12. The smallest absolute Gasteiger partial charge is 0.245 e. The molecule has 0 spiro atoms. The lowest BCUT2D eigenvalue weighted by atomic mass is 10.00. The number of carbonyl (C=O) groups excluding carboxylic acids is 4. The summed E-state index contributed by atoms with van der Waals surface area (Å²) in [5.74, 6) is -2.19. The van der Waals surface area contributed by atoms with Crippen LogP contribution in [0.1, 0.15) is 52.7 Å². The van der Waals surface area contributed by atoms with Gasteiger partial charge in [0.1, 0.15) is 23.7 Å². The molecule has 3 N–H and O–H groups in total. The number of azide groups is 1. The zero-order chi connectivity index (χ0) is 32.5. The van der Waals surface area contributed by atoms with E-state index in [9.17, 15) is 19.2 Å². The summed E-state index contributed by atoms with van der Waals surface area (Å²) in [7, 11) is 0. The number of ether oxygens (including phenoxy) is 2. The van der Waals surface area contributed by atoms with E-state index >= 15 is 0 Å². The van der Waals surface area contributed by atoms with Gasteiger partial charge in [-0.1, -0.05) is 65.8 Å². The van der Waals surface area contributed by atoms with Gasteiger partial charge in [-0.05, 0) is 64.6 Å². The van der Waals surface area contributed by atoms with Crippen molar-refractivity contribution in [3.05, 3.63) is 82.2 Å². The normalized spacial score (nSPS) is 19.2. The van der Waals surface area contributed by atoms with Gasteiger partial charge in [0.2, 0.25) is 17.7 Å². The Morgan fingerprint density at radius 3 is 1.95 bits per heavy atom. The fourth-order valence-corrected chi connectivity index (χ4v) is 4.77. The standard InChI is InChI=1S/C32H42N6O6/c1-20(27(39)32(6)19-43-32)34-28(40)24(17-22-13-9-7-10-14-22)35-30(42)26(21(2)44-31(3,4)5)36-29(41)25(37-38-33)18-23-15-11-8-12-16-23/h7-16,20-21,24-26H,17-19H2,1-6H3,(H,34,40)(H,35,42)(H,36,41)/t20-,21?,24-,25?,26-,32+/m0/s1. The molecule has 3 rings (SSSR count). The van der Waals surface area contributed by atoms with Crippen LogP contribution in [0, 0.1) is 0 Å². The number of carbonyl (C=O) groups is 4. The summed E-state index contributed by atoms with van der Waals surface area (Å²) in [4.78, 5) is 56.3. The van der Waals surface area contributed by atoms with Gasteiger partial charge in [0.25, 0.3) is 0 Å².